The average molecular weight is 243 g/mol. The van der Waals surface area contributed by atoms with Crippen LogP contribution in [0, 0.1) is 13.8 Å². The molecule has 0 radical (unpaired) electrons. The van der Waals surface area contributed by atoms with E-state index in [4.69, 9.17) is 9.88 Å². The third-order valence-electron chi connectivity index (χ3n) is 2.36. The van der Waals surface area contributed by atoms with Gasteiger partial charge in [0, 0.05) is 0 Å². The Morgan fingerprint density at radius 1 is 1.31 bits per heavy atom. The van der Waals surface area contributed by atoms with E-state index < -0.39 is 15.5 Å². The predicted molar refractivity (Wildman–Crippen MR) is 63.7 cm³/mol. The topological polar surface area (TPSA) is 69.4 Å². The molecule has 1 rings (SSSR count). The number of para-hydroxylation sites is 1. The van der Waals surface area contributed by atoms with E-state index in [1.54, 1.807) is 6.92 Å². The molecule has 0 heterocycles. The van der Waals surface area contributed by atoms with Crippen LogP contribution in [0.25, 0.3) is 0 Å². The van der Waals surface area contributed by atoms with Crippen LogP contribution in [0.2, 0.25) is 0 Å². The molecule has 1 aromatic rings. The molecule has 0 aromatic heterocycles. The summed E-state index contributed by atoms with van der Waals surface area (Å²) in [4.78, 5) is 0. The van der Waals surface area contributed by atoms with E-state index in [0.717, 1.165) is 11.1 Å². The first kappa shape index (κ1) is 13.0. The number of sulfonamides is 1. The van der Waals surface area contributed by atoms with Gasteiger partial charge in [-0.2, -0.15) is 0 Å². The quantitative estimate of drug-likeness (QED) is 0.875. The predicted octanol–water partition coefficient (Wildman–Crippen LogP) is 1.71. The summed E-state index contributed by atoms with van der Waals surface area (Å²) in [5, 5.41) is 5.09. The van der Waals surface area contributed by atoms with Crippen LogP contribution in [-0.4, -0.2) is 13.9 Å². The van der Waals surface area contributed by atoms with E-state index in [0.29, 0.717) is 12.2 Å². The second-order valence-electron chi connectivity index (χ2n) is 3.77. The van der Waals surface area contributed by atoms with Crippen molar-refractivity contribution in [2.75, 3.05) is 0 Å². The summed E-state index contributed by atoms with van der Waals surface area (Å²) in [7, 11) is -3.67. The minimum Gasteiger partial charge on any atom is -0.473 e. The summed E-state index contributed by atoms with van der Waals surface area (Å²) in [6.07, 6.45) is 0.326. The van der Waals surface area contributed by atoms with Gasteiger partial charge >= 0.3 is 0 Å². The Hall–Kier alpha value is -1.07. The van der Waals surface area contributed by atoms with Gasteiger partial charge in [-0.1, -0.05) is 25.1 Å². The number of nitrogens with two attached hydrogens (primary N) is 1. The normalized spacial score (nSPS) is 13.5. The molecule has 0 amide bonds. The van der Waals surface area contributed by atoms with Crippen molar-refractivity contribution < 1.29 is 13.2 Å². The van der Waals surface area contributed by atoms with E-state index >= 15 is 0 Å². The molecule has 0 saturated heterocycles. The summed E-state index contributed by atoms with van der Waals surface area (Å²) < 4.78 is 28.0. The first-order valence-corrected chi connectivity index (χ1v) is 6.71. The number of rotatable bonds is 4. The van der Waals surface area contributed by atoms with E-state index in [1.807, 2.05) is 32.0 Å². The van der Waals surface area contributed by atoms with Gasteiger partial charge < -0.3 is 4.74 Å². The van der Waals surface area contributed by atoms with Crippen LogP contribution in [0.15, 0.2) is 18.2 Å². The molecule has 0 fully saturated rings. The molecule has 1 aromatic carbocycles. The fraction of sp³-hybridized carbons (Fsp3) is 0.455. The van der Waals surface area contributed by atoms with Crippen LogP contribution < -0.4 is 9.88 Å². The van der Waals surface area contributed by atoms with Crippen molar-refractivity contribution in [3.8, 4) is 5.75 Å². The molecule has 2 N–H and O–H groups in total. The highest BCUT2D eigenvalue weighted by Crippen LogP contribution is 2.24. The Morgan fingerprint density at radius 2 is 1.81 bits per heavy atom. The summed E-state index contributed by atoms with van der Waals surface area (Å²) in [5.74, 6) is 0.600. The lowest BCUT2D eigenvalue weighted by molar-refractivity contribution is 0.265. The summed E-state index contributed by atoms with van der Waals surface area (Å²) in [6.45, 7) is 5.47. The molecule has 1 atom stereocenters. The number of primary sulfonamides is 1. The van der Waals surface area contributed by atoms with Gasteiger partial charge in [-0.3, -0.25) is 0 Å². The summed E-state index contributed by atoms with van der Waals surface area (Å²) in [5.41, 5.74) is 0.830. The largest absolute Gasteiger partial charge is 0.473 e. The molecule has 16 heavy (non-hydrogen) atoms. The molecule has 0 aliphatic heterocycles. The van der Waals surface area contributed by atoms with Crippen molar-refractivity contribution in [3.63, 3.8) is 0 Å². The maximum atomic E-state index is 11.2. The Bertz CT molecular complexity index is 448. The van der Waals surface area contributed by atoms with Crippen molar-refractivity contribution in [2.24, 2.45) is 5.14 Å². The van der Waals surface area contributed by atoms with E-state index in [1.165, 1.54) is 0 Å². The smallest absolute Gasteiger partial charge is 0.247 e. The van der Waals surface area contributed by atoms with Gasteiger partial charge in [0.05, 0.1) is 0 Å². The zero-order valence-electron chi connectivity index (χ0n) is 9.73. The van der Waals surface area contributed by atoms with E-state index in [9.17, 15) is 8.42 Å². The van der Waals surface area contributed by atoms with Crippen LogP contribution in [0.5, 0.6) is 5.75 Å². The van der Waals surface area contributed by atoms with Gasteiger partial charge in [0.15, 0.2) is 0 Å². The second-order valence-corrected chi connectivity index (χ2v) is 5.47. The van der Waals surface area contributed by atoms with Gasteiger partial charge in [-0.05, 0) is 31.4 Å². The Balaban J connectivity index is 3.04. The maximum Gasteiger partial charge on any atom is 0.247 e. The Labute approximate surface area is 96.5 Å². The number of hydrogen-bond acceptors (Lipinski definition) is 3. The van der Waals surface area contributed by atoms with Crippen molar-refractivity contribution in [1.82, 2.24) is 0 Å². The summed E-state index contributed by atoms with van der Waals surface area (Å²) in [6, 6.07) is 5.64. The Morgan fingerprint density at radius 3 is 2.19 bits per heavy atom. The van der Waals surface area contributed by atoms with Gasteiger partial charge in [0.2, 0.25) is 15.5 Å². The average Bonchev–Trinajstić information content (AvgIpc) is 2.15. The van der Waals surface area contributed by atoms with Crippen LogP contribution in [0.4, 0.5) is 0 Å². The zero-order valence-corrected chi connectivity index (χ0v) is 10.5. The van der Waals surface area contributed by atoms with Crippen molar-refractivity contribution in [3.05, 3.63) is 29.3 Å². The first-order chi connectivity index (χ1) is 7.36. The molecule has 5 heteroatoms. The van der Waals surface area contributed by atoms with Crippen LogP contribution in [-0.2, 0) is 10.0 Å². The molecule has 4 nitrogen and oxygen atoms in total. The van der Waals surface area contributed by atoms with Crippen LogP contribution in [0.1, 0.15) is 24.5 Å². The molecule has 0 saturated carbocycles. The first-order valence-electron chi connectivity index (χ1n) is 5.10. The van der Waals surface area contributed by atoms with Gasteiger partial charge in [0.25, 0.3) is 0 Å². The highest BCUT2D eigenvalue weighted by molar-refractivity contribution is 7.89. The second kappa shape index (κ2) is 4.84. The standard InChI is InChI=1S/C11H17NO3S/c1-4-10(16(12,13)14)15-11-8(2)6-5-7-9(11)3/h5-7,10H,4H2,1-3H3,(H2,12,13,14). The third-order valence-corrected chi connectivity index (χ3v) is 3.52. The number of benzene rings is 1. The molecule has 0 aliphatic rings. The number of aryl methyl sites for hydroxylation is 2. The van der Waals surface area contributed by atoms with Crippen molar-refractivity contribution in [2.45, 2.75) is 32.6 Å². The Kier molecular flexibility index (Phi) is 3.93. The fourth-order valence-electron chi connectivity index (χ4n) is 1.50. The van der Waals surface area contributed by atoms with Gasteiger partial charge in [-0.25, -0.2) is 13.6 Å². The minimum atomic E-state index is -3.67. The van der Waals surface area contributed by atoms with E-state index in [-0.39, 0.29) is 0 Å². The molecule has 1 unspecified atom stereocenters. The highest BCUT2D eigenvalue weighted by atomic mass is 32.2. The molecular weight excluding hydrogens is 226 g/mol. The van der Waals surface area contributed by atoms with Crippen LogP contribution in [0.3, 0.4) is 0 Å². The lowest BCUT2D eigenvalue weighted by Gasteiger charge is -2.18. The third kappa shape index (κ3) is 2.96. The highest BCUT2D eigenvalue weighted by Gasteiger charge is 2.22. The van der Waals surface area contributed by atoms with Crippen LogP contribution >= 0.6 is 0 Å². The zero-order chi connectivity index (χ0) is 12.3. The van der Waals surface area contributed by atoms with Gasteiger partial charge in [0.1, 0.15) is 5.75 Å². The monoisotopic (exact) mass is 243 g/mol. The lowest BCUT2D eigenvalue weighted by atomic mass is 10.1. The maximum absolute atomic E-state index is 11.2. The molecule has 0 spiro atoms. The summed E-state index contributed by atoms with van der Waals surface area (Å²) >= 11 is 0. The van der Waals surface area contributed by atoms with Crippen molar-refractivity contribution in [1.29, 1.82) is 0 Å². The molecule has 0 bridgehead atoms. The molecular formula is C11H17NO3S. The van der Waals surface area contributed by atoms with E-state index in [2.05, 4.69) is 0 Å². The molecule has 0 aliphatic carbocycles. The van der Waals surface area contributed by atoms with Crippen molar-refractivity contribution >= 4 is 10.0 Å². The lowest BCUT2D eigenvalue weighted by Crippen LogP contribution is -2.33. The van der Waals surface area contributed by atoms with Gasteiger partial charge in [-0.15, -0.1) is 0 Å². The fourth-order valence-corrected chi connectivity index (χ4v) is 2.19. The number of hydrogen-bond donors (Lipinski definition) is 1. The molecule has 90 valence electrons. The SMILES string of the molecule is CCC(Oc1c(C)cccc1C)S(N)(=O)=O. The number of ether oxygens (including phenoxy) is 1. The minimum absolute atomic E-state index is 0.326.